The van der Waals surface area contributed by atoms with Crippen molar-refractivity contribution < 1.29 is 14.3 Å². The van der Waals surface area contributed by atoms with Gasteiger partial charge in [0.1, 0.15) is 5.75 Å². The molecule has 28 heavy (non-hydrogen) atoms. The first-order chi connectivity index (χ1) is 13.0. The first-order valence-electron chi connectivity index (χ1n) is 9.93. The van der Waals surface area contributed by atoms with Crippen LogP contribution in [0.2, 0.25) is 0 Å². The summed E-state index contributed by atoms with van der Waals surface area (Å²) in [6.45, 7) is 1.59. The largest absolute Gasteiger partial charge is 0.497 e. The summed E-state index contributed by atoms with van der Waals surface area (Å²) in [5, 5.41) is 0. The molecule has 1 aromatic rings. The highest BCUT2D eigenvalue weighted by Gasteiger charge is 2.46. The van der Waals surface area contributed by atoms with E-state index in [0.29, 0.717) is 24.7 Å². The fourth-order valence-corrected chi connectivity index (χ4v) is 5.28. The molecule has 3 fully saturated rings. The van der Waals surface area contributed by atoms with Crippen LogP contribution in [0.25, 0.3) is 0 Å². The number of piperidine rings is 1. The van der Waals surface area contributed by atoms with Gasteiger partial charge in [0.05, 0.1) is 19.1 Å². The maximum atomic E-state index is 13.4. The molecule has 2 aliphatic heterocycles. The van der Waals surface area contributed by atoms with Crippen molar-refractivity contribution in [3.05, 3.63) is 29.8 Å². The molecule has 0 spiro atoms. The van der Waals surface area contributed by atoms with Crippen molar-refractivity contribution in [2.75, 3.05) is 27.2 Å². The number of hydrogen-bond donors (Lipinski definition) is 1. The van der Waals surface area contributed by atoms with Gasteiger partial charge < -0.3 is 20.3 Å². The number of rotatable bonds is 3. The predicted octanol–water partition coefficient (Wildman–Crippen LogP) is 2.22. The van der Waals surface area contributed by atoms with E-state index in [2.05, 4.69) is 0 Å². The molecule has 1 aromatic carbocycles. The van der Waals surface area contributed by atoms with Crippen molar-refractivity contribution in [3.8, 4) is 5.75 Å². The van der Waals surface area contributed by atoms with Crippen LogP contribution < -0.4 is 10.5 Å². The zero-order chi connectivity index (χ0) is 19.1. The Morgan fingerprint density at radius 1 is 1.14 bits per heavy atom. The molecule has 2 heterocycles. The summed E-state index contributed by atoms with van der Waals surface area (Å²) in [5.41, 5.74) is 7.23. The monoisotopic (exact) mass is 407 g/mol. The Kier molecular flexibility index (Phi) is 6.20. The van der Waals surface area contributed by atoms with Gasteiger partial charge in [-0.1, -0.05) is 12.1 Å². The van der Waals surface area contributed by atoms with Gasteiger partial charge in [-0.15, -0.1) is 12.4 Å². The summed E-state index contributed by atoms with van der Waals surface area (Å²) in [7, 11) is 3.44. The van der Waals surface area contributed by atoms with Crippen molar-refractivity contribution in [1.29, 1.82) is 0 Å². The normalized spacial score (nSPS) is 32.1. The maximum absolute atomic E-state index is 13.4. The maximum Gasteiger partial charge on any atom is 0.228 e. The summed E-state index contributed by atoms with van der Waals surface area (Å²) in [4.78, 5) is 29.5. The molecule has 2 N–H and O–H groups in total. The van der Waals surface area contributed by atoms with E-state index in [4.69, 9.17) is 10.5 Å². The number of carbonyl (C=O) groups excluding carboxylic acids is 2. The number of methoxy groups -OCH3 is 1. The fourth-order valence-electron chi connectivity index (χ4n) is 5.28. The Balaban J connectivity index is 0.00000225. The lowest BCUT2D eigenvalue weighted by atomic mass is 9.83. The number of nitrogens with zero attached hydrogens (tertiary/aromatic N) is 2. The summed E-state index contributed by atoms with van der Waals surface area (Å²) in [5.74, 6) is 1.84. The highest BCUT2D eigenvalue weighted by molar-refractivity contribution is 5.85. The van der Waals surface area contributed by atoms with Crippen LogP contribution in [0.4, 0.5) is 0 Å². The Labute approximate surface area is 172 Å². The molecular weight excluding hydrogens is 378 g/mol. The van der Waals surface area contributed by atoms with E-state index >= 15 is 0 Å². The standard InChI is InChI=1S/C21H29N3O3.ClH/c1-23-19(25)10-8-16(20(23)13-3-6-15(27-2)7-4-13)21(26)24-11-14-5-9-18(22)17(14)12-24;/h3-4,6-7,14,16-18,20H,5,8-12,22H2,1-2H3;1H. The third-order valence-electron chi connectivity index (χ3n) is 6.86. The smallest absolute Gasteiger partial charge is 0.228 e. The first kappa shape index (κ1) is 20.9. The number of ether oxygens (including phenoxy) is 1. The predicted molar refractivity (Wildman–Crippen MR) is 109 cm³/mol. The molecule has 0 bridgehead atoms. The van der Waals surface area contributed by atoms with E-state index in [1.54, 1.807) is 12.0 Å². The van der Waals surface area contributed by atoms with Crippen molar-refractivity contribution in [2.45, 2.75) is 37.8 Å². The Hall–Kier alpha value is -1.79. The van der Waals surface area contributed by atoms with Gasteiger partial charge in [-0.2, -0.15) is 0 Å². The lowest BCUT2D eigenvalue weighted by molar-refractivity contribution is -0.146. The molecule has 4 rings (SSSR count). The van der Waals surface area contributed by atoms with Crippen LogP contribution in [0.1, 0.15) is 37.3 Å². The van der Waals surface area contributed by atoms with Crippen molar-refractivity contribution in [3.63, 3.8) is 0 Å². The van der Waals surface area contributed by atoms with Crippen LogP contribution in [0.15, 0.2) is 24.3 Å². The van der Waals surface area contributed by atoms with Gasteiger partial charge in [0.25, 0.3) is 0 Å². The molecule has 1 saturated carbocycles. The zero-order valence-electron chi connectivity index (χ0n) is 16.5. The van der Waals surface area contributed by atoms with Crippen LogP contribution in [0.3, 0.4) is 0 Å². The topological polar surface area (TPSA) is 75.9 Å². The highest BCUT2D eigenvalue weighted by Crippen LogP contribution is 2.41. The van der Waals surface area contributed by atoms with Crippen LogP contribution in [0, 0.1) is 17.8 Å². The van der Waals surface area contributed by atoms with Crippen LogP contribution in [0.5, 0.6) is 5.75 Å². The minimum absolute atomic E-state index is 0. The number of carbonyl (C=O) groups is 2. The molecule has 3 aliphatic rings. The van der Waals surface area contributed by atoms with E-state index < -0.39 is 0 Å². The molecule has 5 unspecified atom stereocenters. The zero-order valence-corrected chi connectivity index (χ0v) is 17.4. The Bertz CT molecular complexity index is 726. The fraction of sp³-hybridized carbons (Fsp3) is 0.619. The van der Waals surface area contributed by atoms with E-state index in [0.717, 1.165) is 37.2 Å². The molecule has 5 atom stereocenters. The van der Waals surface area contributed by atoms with Crippen LogP contribution in [-0.2, 0) is 9.59 Å². The molecule has 2 saturated heterocycles. The van der Waals surface area contributed by atoms with Crippen LogP contribution >= 0.6 is 12.4 Å². The number of amides is 2. The van der Waals surface area contributed by atoms with Crippen LogP contribution in [-0.4, -0.2) is 54.9 Å². The van der Waals surface area contributed by atoms with E-state index in [-0.39, 0.29) is 42.2 Å². The quantitative estimate of drug-likeness (QED) is 0.833. The lowest BCUT2D eigenvalue weighted by Gasteiger charge is -2.40. The Morgan fingerprint density at radius 2 is 1.86 bits per heavy atom. The molecular formula is C21H30ClN3O3. The lowest BCUT2D eigenvalue weighted by Crippen LogP contribution is -2.47. The minimum atomic E-state index is -0.223. The molecule has 7 heteroatoms. The molecule has 0 aromatic heterocycles. The molecule has 6 nitrogen and oxygen atoms in total. The number of likely N-dealkylation sites (tertiary alicyclic amines) is 2. The van der Waals surface area contributed by atoms with Gasteiger partial charge in [-0.05, 0) is 48.8 Å². The minimum Gasteiger partial charge on any atom is -0.497 e. The van der Waals surface area contributed by atoms with Gasteiger partial charge >= 0.3 is 0 Å². The van der Waals surface area contributed by atoms with Crippen molar-refractivity contribution in [2.24, 2.45) is 23.5 Å². The Morgan fingerprint density at radius 3 is 2.50 bits per heavy atom. The average Bonchev–Trinajstić information content (AvgIpc) is 3.26. The third-order valence-corrected chi connectivity index (χ3v) is 6.86. The van der Waals surface area contributed by atoms with Crippen molar-refractivity contribution >= 4 is 24.2 Å². The van der Waals surface area contributed by atoms with Crippen molar-refractivity contribution in [1.82, 2.24) is 9.80 Å². The number of fused-ring (bicyclic) bond motifs is 1. The summed E-state index contributed by atoms with van der Waals surface area (Å²) >= 11 is 0. The van der Waals surface area contributed by atoms with Gasteiger partial charge in [-0.25, -0.2) is 0 Å². The number of hydrogen-bond acceptors (Lipinski definition) is 4. The first-order valence-corrected chi connectivity index (χ1v) is 9.93. The number of nitrogens with two attached hydrogens (primary N) is 1. The second-order valence-corrected chi connectivity index (χ2v) is 8.28. The summed E-state index contributed by atoms with van der Waals surface area (Å²) in [6.07, 6.45) is 3.24. The van der Waals surface area contributed by atoms with Gasteiger partial charge in [-0.3, -0.25) is 9.59 Å². The number of halogens is 1. The van der Waals surface area contributed by atoms with Gasteiger partial charge in [0, 0.05) is 32.6 Å². The van der Waals surface area contributed by atoms with Gasteiger partial charge in [0.15, 0.2) is 0 Å². The SMILES string of the molecule is COc1ccc(C2C(C(=O)N3CC4CCC(N)C4C3)CCC(=O)N2C)cc1.Cl. The second kappa shape index (κ2) is 8.29. The van der Waals surface area contributed by atoms with E-state index in [1.807, 2.05) is 36.2 Å². The average molecular weight is 408 g/mol. The van der Waals surface area contributed by atoms with E-state index in [9.17, 15) is 9.59 Å². The molecule has 154 valence electrons. The summed E-state index contributed by atoms with van der Waals surface area (Å²) < 4.78 is 5.24. The molecule has 2 amide bonds. The van der Waals surface area contributed by atoms with E-state index in [1.165, 1.54) is 0 Å². The van der Waals surface area contributed by atoms with Gasteiger partial charge in [0.2, 0.25) is 11.8 Å². The molecule has 0 radical (unpaired) electrons. The molecule has 1 aliphatic carbocycles. The second-order valence-electron chi connectivity index (χ2n) is 8.28. The summed E-state index contributed by atoms with van der Waals surface area (Å²) in [6, 6.07) is 7.72. The highest BCUT2D eigenvalue weighted by atomic mass is 35.5. The number of benzene rings is 1. The third kappa shape index (κ3) is 3.60.